The summed E-state index contributed by atoms with van der Waals surface area (Å²) in [5, 5.41) is 26.5. The van der Waals surface area contributed by atoms with Crippen LogP contribution >= 0.6 is 0 Å². The molecule has 1 atom stereocenters. The van der Waals surface area contributed by atoms with Crippen LogP contribution in [0.5, 0.6) is 0 Å². The maximum absolute atomic E-state index is 13.0. The molecule has 0 spiro atoms. The van der Waals surface area contributed by atoms with Crippen LogP contribution in [0.3, 0.4) is 0 Å². The molecule has 0 saturated heterocycles. The summed E-state index contributed by atoms with van der Waals surface area (Å²) in [6.07, 6.45) is 0.352. The molecule has 0 radical (unpaired) electrons. The maximum Gasteiger partial charge on any atom is 0.490 e. The van der Waals surface area contributed by atoms with Crippen molar-refractivity contribution in [2.75, 3.05) is 7.05 Å². The predicted octanol–water partition coefficient (Wildman–Crippen LogP) is 5.03. The molecule has 0 bridgehead atoms. The lowest BCUT2D eigenvalue weighted by molar-refractivity contribution is -0.193. The first-order chi connectivity index (χ1) is 24.5. The molecule has 0 aliphatic heterocycles. The number of hydrogen-bond donors (Lipinski definition) is 5. The standard InChI is InChI=1S/C28H30N8O2.2C2HF3O2/c1-29-25(37)10-4-2-3-9-23(34-26(38)13-19-15-31-28-32-18-33-36(28)17-19)27-30-16-24(35-27)22-12-11-20-7-5-6-8-21(20)14-22;2*3-2(4,5)1(6)7/h5-8,11-12,14-18,23H,2-4,9-10,13H2,1H3,(H,29,37)(H,30,35)(H,34,38);2*(H,6,7)/t23-;;/m0../s1. The lowest BCUT2D eigenvalue weighted by Gasteiger charge is -2.17. The fourth-order valence-electron chi connectivity index (χ4n) is 4.51. The van der Waals surface area contributed by atoms with Crippen LogP contribution < -0.4 is 10.6 Å². The number of carbonyl (C=O) groups excluding carboxylic acids is 2. The van der Waals surface area contributed by atoms with Gasteiger partial charge in [0.25, 0.3) is 5.78 Å². The lowest BCUT2D eigenvalue weighted by atomic mass is 10.1. The second kappa shape index (κ2) is 18.2. The number of carbonyl (C=O) groups is 4. The summed E-state index contributed by atoms with van der Waals surface area (Å²) in [5.41, 5.74) is 2.66. The number of carboxylic acids is 2. The van der Waals surface area contributed by atoms with E-state index in [1.165, 1.54) is 11.7 Å². The summed E-state index contributed by atoms with van der Waals surface area (Å²) in [6, 6.07) is 14.2. The molecule has 52 heavy (non-hydrogen) atoms. The molecule has 3 aromatic heterocycles. The van der Waals surface area contributed by atoms with Gasteiger partial charge in [0.2, 0.25) is 11.8 Å². The fourth-order valence-corrected chi connectivity index (χ4v) is 4.51. The number of carboxylic acid groups (broad SMARTS) is 2. The van der Waals surface area contributed by atoms with E-state index in [1.54, 1.807) is 24.0 Å². The quantitative estimate of drug-likeness (QED) is 0.0903. The van der Waals surface area contributed by atoms with Crippen molar-refractivity contribution in [1.82, 2.24) is 40.2 Å². The van der Waals surface area contributed by atoms with E-state index in [1.807, 2.05) is 18.3 Å². The third-order valence-electron chi connectivity index (χ3n) is 7.03. The Morgan fingerprint density at radius 1 is 0.846 bits per heavy atom. The average molecular weight is 739 g/mol. The number of rotatable bonds is 11. The first-order valence-electron chi connectivity index (χ1n) is 15.3. The molecule has 0 aliphatic rings. The van der Waals surface area contributed by atoms with Crippen molar-refractivity contribution in [2.45, 2.75) is 56.9 Å². The van der Waals surface area contributed by atoms with E-state index < -0.39 is 24.3 Å². The third-order valence-corrected chi connectivity index (χ3v) is 7.03. The number of alkyl halides is 6. The molecule has 0 saturated carbocycles. The Bertz CT molecular complexity index is 1950. The lowest BCUT2D eigenvalue weighted by Crippen LogP contribution is -2.30. The minimum Gasteiger partial charge on any atom is -0.475 e. The number of aromatic nitrogens is 6. The molecule has 0 aliphatic carbocycles. The highest BCUT2D eigenvalue weighted by Crippen LogP contribution is 2.26. The summed E-state index contributed by atoms with van der Waals surface area (Å²) in [6.45, 7) is 0. The van der Waals surface area contributed by atoms with Crippen LogP contribution in [0.2, 0.25) is 0 Å². The van der Waals surface area contributed by atoms with Crippen molar-refractivity contribution in [3.05, 3.63) is 78.8 Å². The summed E-state index contributed by atoms with van der Waals surface area (Å²) in [5.74, 6) is -4.41. The molecular weight excluding hydrogens is 706 g/mol. The number of nitrogens with one attached hydrogen (secondary N) is 3. The summed E-state index contributed by atoms with van der Waals surface area (Å²) < 4.78 is 65.0. The predicted molar refractivity (Wildman–Crippen MR) is 171 cm³/mol. The van der Waals surface area contributed by atoms with Crippen molar-refractivity contribution in [3.8, 4) is 11.3 Å². The van der Waals surface area contributed by atoms with Crippen molar-refractivity contribution >= 4 is 40.3 Å². The molecule has 278 valence electrons. The van der Waals surface area contributed by atoms with Gasteiger partial charge in [-0.05, 0) is 35.2 Å². The molecule has 5 rings (SSSR count). The number of fused-ring (bicyclic) bond motifs is 2. The smallest absolute Gasteiger partial charge is 0.475 e. The Kier molecular flexibility index (Phi) is 14.2. The summed E-state index contributed by atoms with van der Waals surface area (Å²) in [4.78, 5) is 58.7. The number of hydrogen-bond acceptors (Lipinski definition) is 8. The SMILES string of the molecule is CNC(=O)CCCCC[C@H](NC(=O)Cc1cnc2ncnn2c1)c1ncc(-c2ccc3ccccc3c2)[nH]1.O=C(O)C(F)(F)F.O=C(O)C(F)(F)F. The van der Waals surface area contributed by atoms with Gasteiger partial charge < -0.3 is 25.8 Å². The number of H-pyrrole nitrogens is 1. The molecule has 5 aromatic rings. The van der Waals surface area contributed by atoms with Crippen LogP contribution in [0.15, 0.2) is 67.4 Å². The normalized spacial score (nSPS) is 11.8. The van der Waals surface area contributed by atoms with E-state index in [4.69, 9.17) is 19.8 Å². The first-order valence-corrected chi connectivity index (χ1v) is 15.3. The van der Waals surface area contributed by atoms with E-state index >= 15 is 0 Å². The van der Waals surface area contributed by atoms with Gasteiger partial charge in [-0.2, -0.15) is 36.4 Å². The van der Waals surface area contributed by atoms with E-state index in [-0.39, 0.29) is 24.3 Å². The number of unbranched alkanes of at least 4 members (excludes halogenated alkanes) is 2. The van der Waals surface area contributed by atoms with Crippen molar-refractivity contribution in [1.29, 1.82) is 0 Å². The van der Waals surface area contributed by atoms with Gasteiger partial charge in [0.1, 0.15) is 12.2 Å². The Labute approximate surface area is 290 Å². The number of aliphatic carboxylic acids is 2. The largest absolute Gasteiger partial charge is 0.490 e. The minimum absolute atomic E-state index is 0.0406. The van der Waals surface area contributed by atoms with Crippen molar-refractivity contribution in [2.24, 2.45) is 0 Å². The zero-order valence-corrected chi connectivity index (χ0v) is 27.2. The highest BCUT2D eigenvalue weighted by atomic mass is 19.4. The third kappa shape index (κ3) is 12.7. The van der Waals surface area contributed by atoms with Gasteiger partial charge in [0, 0.05) is 31.4 Å². The Morgan fingerprint density at radius 3 is 2.13 bits per heavy atom. The topological polar surface area (TPSA) is 205 Å². The highest BCUT2D eigenvalue weighted by Gasteiger charge is 2.38. The van der Waals surface area contributed by atoms with Crippen LogP contribution in [0.4, 0.5) is 26.3 Å². The van der Waals surface area contributed by atoms with E-state index in [2.05, 4.69) is 66.0 Å². The van der Waals surface area contributed by atoms with Crippen LogP contribution in [0, 0.1) is 0 Å². The second-order valence-electron chi connectivity index (χ2n) is 10.9. The van der Waals surface area contributed by atoms with Gasteiger partial charge in [0.05, 0.1) is 24.4 Å². The molecular formula is C32H32F6N8O6. The zero-order valence-electron chi connectivity index (χ0n) is 27.2. The van der Waals surface area contributed by atoms with Crippen molar-refractivity contribution in [3.63, 3.8) is 0 Å². The molecule has 2 amide bonds. The Hall–Kier alpha value is -6.08. The number of aromatic amines is 1. The van der Waals surface area contributed by atoms with Gasteiger partial charge in [-0.1, -0.05) is 49.2 Å². The Balaban J connectivity index is 0.000000441. The monoisotopic (exact) mass is 738 g/mol. The molecule has 14 nitrogen and oxygen atoms in total. The van der Waals surface area contributed by atoms with Gasteiger partial charge >= 0.3 is 24.3 Å². The molecule has 3 heterocycles. The van der Waals surface area contributed by atoms with E-state index in [0.717, 1.165) is 41.5 Å². The second-order valence-corrected chi connectivity index (χ2v) is 10.9. The maximum atomic E-state index is 13.0. The van der Waals surface area contributed by atoms with Gasteiger partial charge in [-0.3, -0.25) is 9.59 Å². The first kappa shape index (κ1) is 40.4. The highest BCUT2D eigenvalue weighted by molar-refractivity contribution is 5.86. The summed E-state index contributed by atoms with van der Waals surface area (Å²) in [7, 11) is 1.65. The van der Waals surface area contributed by atoms with Crippen LogP contribution in [0.25, 0.3) is 27.8 Å². The van der Waals surface area contributed by atoms with Gasteiger partial charge in [-0.25, -0.2) is 24.1 Å². The molecule has 0 fully saturated rings. The number of halogens is 6. The van der Waals surface area contributed by atoms with Crippen LogP contribution in [0.1, 0.15) is 49.5 Å². The number of benzene rings is 2. The van der Waals surface area contributed by atoms with Gasteiger partial charge in [-0.15, -0.1) is 0 Å². The van der Waals surface area contributed by atoms with Crippen LogP contribution in [-0.4, -0.2) is 82.9 Å². The Morgan fingerprint density at radius 2 is 1.50 bits per heavy atom. The molecule has 5 N–H and O–H groups in total. The van der Waals surface area contributed by atoms with Crippen molar-refractivity contribution < 1.29 is 55.7 Å². The average Bonchev–Trinajstić information content (AvgIpc) is 3.77. The van der Waals surface area contributed by atoms with Crippen LogP contribution in [-0.2, 0) is 25.6 Å². The van der Waals surface area contributed by atoms with E-state index in [0.29, 0.717) is 24.4 Å². The minimum atomic E-state index is -5.08. The van der Waals surface area contributed by atoms with E-state index in [9.17, 15) is 35.9 Å². The molecule has 2 aromatic carbocycles. The number of nitrogens with zero attached hydrogens (tertiary/aromatic N) is 5. The number of imidazole rings is 1. The fraction of sp³-hybridized carbons (Fsp3) is 0.312. The molecule has 0 unspecified atom stereocenters. The number of amides is 2. The van der Waals surface area contributed by atoms with Gasteiger partial charge in [0.15, 0.2) is 0 Å². The zero-order chi connectivity index (χ0) is 38.5. The summed E-state index contributed by atoms with van der Waals surface area (Å²) >= 11 is 0. The molecule has 20 heteroatoms.